The molecule has 0 saturated heterocycles. The molecule has 5 rings (SSSR count). The van der Waals surface area contributed by atoms with E-state index in [9.17, 15) is 0 Å². The Kier molecular flexibility index (Phi) is 5.06. The zero-order valence-electron chi connectivity index (χ0n) is 18.3. The van der Waals surface area contributed by atoms with Crippen LogP contribution in [-0.2, 0) is 19.5 Å². The van der Waals surface area contributed by atoms with Crippen LogP contribution in [0.2, 0.25) is 0 Å². The molecular formula is C25H28N4O2. The summed E-state index contributed by atoms with van der Waals surface area (Å²) in [6.07, 6.45) is 5.54. The Balaban J connectivity index is 1.52. The number of rotatable bonds is 6. The van der Waals surface area contributed by atoms with Crippen LogP contribution in [0.1, 0.15) is 29.8 Å². The number of nitrogens with zero attached hydrogens (tertiary/aromatic N) is 3. The Hall–Kier alpha value is -3.41. The summed E-state index contributed by atoms with van der Waals surface area (Å²) in [4.78, 5) is 0. The van der Waals surface area contributed by atoms with E-state index < -0.39 is 0 Å². The van der Waals surface area contributed by atoms with E-state index in [-0.39, 0.29) is 0 Å². The number of ether oxygens (including phenoxy) is 2. The van der Waals surface area contributed by atoms with E-state index in [2.05, 4.69) is 63.9 Å². The van der Waals surface area contributed by atoms with Gasteiger partial charge in [0.05, 0.1) is 20.8 Å². The zero-order chi connectivity index (χ0) is 21.4. The van der Waals surface area contributed by atoms with Crippen molar-refractivity contribution in [2.75, 3.05) is 19.5 Å². The molecule has 0 radical (unpaired) electrons. The summed E-state index contributed by atoms with van der Waals surface area (Å²) in [5.41, 5.74) is 7.30. The zero-order valence-corrected chi connectivity index (χ0v) is 18.3. The second-order valence-electron chi connectivity index (χ2n) is 8.10. The first-order chi connectivity index (χ1) is 15.2. The van der Waals surface area contributed by atoms with Crippen LogP contribution < -0.4 is 14.8 Å². The standard InChI is InChI=1S/C25H28N4O2/c1-17-7-10-19(11-8-17)26-15-24-27-29-16-21(20-6-4-5-13-28(24)25(20)29)18-9-12-22(30-2)23(14-18)31-3/h7-12,14,16,26H,4-6,13,15H2,1-3H3. The molecule has 1 aliphatic rings. The predicted molar refractivity (Wildman–Crippen MR) is 123 cm³/mol. The van der Waals surface area contributed by atoms with Gasteiger partial charge in [-0.15, -0.1) is 0 Å². The highest BCUT2D eigenvalue weighted by Crippen LogP contribution is 2.37. The van der Waals surface area contributed by atoms with Crippen LogP contribution in [0.5, 0.6) is 11.5 Å². The third kappa shape index (κ3) is 3.52. The van der Waals surface area contributed by atoms with E-state index in [0.717, 1.165) is 48.0 Å². The van der Waals surface area contributed by atoms with Crippen LogP contribution >= 0.6 is 0 Å². The lowest BCUT2D eigenvalue weighted by Crippen LogP contribution is -2.09. The third-order valence-corrected chi connectivity index (χ3v) is 6.11. The quantitative estimate of drug-likeness (QED) is 0.476. The SMILES string of the molecule is COc1ccc(-c2cn3nc(CNc4ccc(C)cc4)n4c3c2CCCC4)cc1OC. The van der Waals surface area contributed by atoms with Gasteiger partial charge >= 0.3 is 0 Å². The monoisotopic (exact) mass is 416 g/mol. The highest BCUT2D eigenvalue weighted by atomic mass is 16.5. The summed E-state index contributed by atoms with van der Waals surface area (Å²) >= 11 is 0. The van der Waals surface area contributed by atoms with E-state index in [1.807, 2.05) is 6.07 Å². The first-order valence-corrected chi connectivity index (χ1v) is 10.8. The lowest BCUT2D eigenvalue weighted by molar-refractivity contribution is 0.355. The Morgan fingerprint density at radius 1 is 1.00 bits per heavy atom. The smallest absolute Gasteiger partial charge is 0.161 e. The molecule has 0 amide bonds. The number of aryl methyl sites for hydroxylation is 3. The maximum absolute atomic E-state index is 5.53. The largest absolute Gasteiger partial charge is 0.493 e. The average Bonchev–Trinajstić information content (AvgIpc) is 3.21. The van der Waals surface area contributed by atoms with Gasteiger partial charge in [0.25, 0.3) is 0 Å². The Morgan fingerprint density at radius 2 is 1.81 bits per heavy atom. The molecule has 0 atom stereocenters. The van der Waals surface area contributed by atoms with E-state index >= 15 is 0 Å². The van der Waals surface area contributed by atoms with Crippen molar-refractivity contribution in [3.63, 3.8) is 0 Å². The van der Waals surface area contributed by atoms with Gasteiger partial charge in [0.15, 0.2) is 17.3 Å². The molecule has 1 aliphatic heterocycles. The molecule has 3 heterocycles. The number of methoxy groups -OCH3 is 2. The molecule has 0 bridgehead atoms. The first kappa shape index (κ1) is 19.5. The number of benzene rings is 2. The molecule has 0 unspecified atom stereocenters. The maximum Gasteiger partial charge on any atom is 0.161 e. The summed E-state index contributed by atoms with van der Waals surface area (Å²) < 4.78 is 15.4. The van der Waals surface area contributed by atoms with Gasteiger partial charge in [0.2, 0.25) is 0 Å². The summed E-state index contributed by atoms with van der Waals surface area (Å²) in [5.74, 6) is 2.56. The molecule has 6 nitrogen and oxygen atoms in total. The van der Waals surface area contributed by atoms with Crippen molar-refractivity contribution < 1.29 is 9.47 Å². The fraction of sp³-hybridized carbons (Fsp3) is 0.320. The van der Waals surface area contributed by atoms with Gasteiger partial charge in [-0.1, -0.05) is 23.8 Å². The summed E-state index contributed by atoms with van der Waals surface area (Å²) in [5, 5.41) is 8.47. The van der Waals surface area contributed by atoms with Crippen LogP contribution in [0.4, 0.5) is 5.69 Å². The number of hydrogen-bond donors (Lipinski definition) is 1. The highest BCUT2D eigenvalue weighted by Gasteiger charge is 2.22. The van der Waals surface area contributed by atoms with Crippen LogP contribution in [-0.4, -0.2) is 28.4 Å². The Labute approximate surface area is 182 Å². The molecule has 0 spiro atoms. The topological polar surface area (TPSA) is 52.7 Å². The van der Waals surface area contributed by atoms with Gasteiger partial charge in [0, 0.05) is 29.6 Å². The van der Waals surface area contributed by atoms with Crippen LogP contribution in [0.25, 0.3) is 16.8 Å². The lowest BCUT2D eigenvalue weighted by Gasteiger charge is -2.10. The number of hydrogen-bond acceptors (Lipinski definition) is 4. The van der Waals surface area contributed by atoms with Crippen LogP contribution in [0, 0.1) is 6.92 Å². The Morgan fingerprint density at radius 3 is 2.58 bits per heavy atom. The molecule has 2 aromatic carbocycles. The van der Waals surface area contributed by atoms with Crippen molar-refractivity contribution in [3.05, 3.63) is 65.6 Å². The second-order valence-corrected chi connectivity index (χ2v) is 8.10. The predicted octanol–water partition coefficient (Wildman–Crippen LogP) is 5.08. The summed E-state index contributed by atoms with van der Waals surface area (Å²) in [7, 11) is 3.34. The number of anilines is 1. The van der Waals surface area contributed by atoms with E-state index in [4.69, 9.17) is 14.6 Å². The minimum absolute atomic E-state index is 0.704. The number of nitrogens with one attached hydrogen (secondary N) is 1. The molecule has 6 heteroatoms. The third-order valence-electron chi connectivity index (χ3n) is 6.11. The van der Waals surface area contributed by atoms with Gasteiger partial charge in [-0.25, -0.2) is 4.52 Å². The van der Waals surface area contributed by atoms with E-state index in [1.54, 1.807) is 14.2 Å². The number of aromatic nitrogens is 3. The fourth-order valence-corrected chi connectivity index (χ4v) is 4.47. The van der Waals surface area contributed by atoms with Crippen molar-refractivity contribution in [1.29, 1.82) is 0 Å². The molecule has 4 aromatic rings. The van der Waals surface area contributed by atoms with E-state index in [0.29, 0.717) is 6.54 Å². The van der Waals surface area contributed by atoms with Crippen molar-refractivity contribution in [2.24, 2.45) is 0 Å². The van der Waals surface area contributed by atoms with Crippen molar-refractivity contribution in [1.82, 2.24) is 14.2 Å². The molecule has 0 fully saturated rings. The Bertz CT molecular complexity index is 1220. The van der Waals surface area contributed by atoms with Gasteiger partial charge in [-0.05, 0) is 56.0 Å². The molecule has 1 N–H and O–H groups in total. The molecule has 31 heavy (non-hydrogen) atoms. The van der Waals surface area contributed by atoms with Crippen molar-refractivity contribution >= 4 is 11.3 Å². The second kappa shape index (κ2) is 8.02. The van der Waals surface area contributed by atoms with Crippen molar-refractivity contribution in [2.45, 2.75) is 39.3 Å². The van der Waals surface area contributed by atoms with Gasteiger partial charge in [-0.3, -0.25) is 0 Å². The van der Waals surface area contributed by atoms with Gasteiger partial charge in [0.1, 0.15) is 5.65 Å². The van der Waals surface area contributed by atoms with Crippen LogP contribution in [0.15, 0.2) is 48.7 Å². The molecule has 0 aliphatic carbocycles. The normalized spacial score (nSPS) is 13.3. The first-order valence-electron chi connectivity index (χ1n) is 10.8. The van der Waals surface area contributed by atoms with Crippen molar-refractivity contribution in [3.8, 4) is 22.6 Å². The average molecular weight is 417 g/mol. The maximum atomic E-state index is 5.53. The minimum Gasteiger partial charge on any atom is -0.493 e. The van der Waals surface area contributed by atoms with E-state index in [1.165, 1.54) is 28.8 Å². The summed E-state index contributed by atoms with van der Waals surface area (Å²) in [6.45, 7) is 3.81. The molecule has 160 valence electrons. The van der Waals surface area contributed by atoms with Gasteiger partial charge in [-0.2, -0.15) is 5.10 Å². The van der Waals surface area contributed by atoms with Crippen LogP contribution in [0.3, 0.4) is 0 Å². The molecule has 0 saturated carbocycles. The fourth-order valence-electron chi connectivity index (χ4n) is 4.47. The lowest BCUT2D eigenvalue weighted by atomic mass is 10.0. The molecule has 2 aromatic heterocycles. The minimum atomic E-state index is 0.704. The van der Waals surface area contributed by atoms with Gasteiger partial charge < -0.3 is 19.4 Å². The molecular weight excluding hydrogens is 388 g/mol. The summed E-state index contributed by atoms with van der Waals surface area (Å²) in [6, 6.07) is 14.6. The highest BCUT2D eigenvalue weighted by molar-refractivity contribution is 5.77.